The van der Waals surface area contributed by atoms with Gasteiger partial charge in [0.15, 0.2) is 0 Å². The predicted molar refractivity (Wildman–Crippen MR) is 79.5 cm³/mol. The molecule has 2 heteroatoms. The van der Waals surface area contributed by atoms with Crippen molar-refractivity contribution in [1.29, 1.82) is 5.26 Å². The highest BCUT2D eigenvalue weighted by Crippen LogP contribution is 2.59. The van der Waals surface area contributed by atoms with E-state index in [2.05, 4.69) is 44.2 Å². The van der Waals surface area contributed by atoms with Crippen LogP contribution in [0.2, 0.25) is 0 Å². The van der Waals surface area contributed by atoms with Gasteiger partial charge in [0.2, 0.25) is 0 Å². The van der Waals surface area contributed by atoms with Gasteiger partial charge < -0.3 is 4.74 Å². The van der Waals surface area contributed by atoms with Crippen LogP contribution < -0.4 is 0 Å². The fourth-order valence-electron chi connectivity index (χ4n) is 3.92. The maximum Gasteiger partial charge on any atom is 0.0833 e. The molecule has 1 aromatic carbocycles. The van der Waals surface area contributed by atoms with Crippen LogP contribution in [0.4, 0.5) is 0 Å². The van der Waals surface area contributed by atoms with Crippen molar-refractivity contribution in [1.82, 2.24) is 0 Å². The highest BCUT2D eigenvalue weighted by Gasteiger charge is 2.55. The highest BCUT2D eigenvalue weighted by molar-refractivity contribution is 5.39. The minimum Gasteiger partial charge on any atom is -0.381 e. The van der Waals surface area contributed by atoms with E-state index in [4.69, 9.17) is 4.74 Å². The Bertz CT molecular complexity index is 509. The maximum absolute atomic E-state index is 9.70. The summed E-state index contributed by atoms with van der Waals surface area (Å²) in [5.41, 5.74) is 2.70. The smallest absolute Gasteiger partial charge is 0.0833 e. The van der Waals surface area contributed by atoms with Crippen molar-refractivity contribution in [2.45, 2.75) is 50.9 Å². The summed E-state index contributed by atoms with van der Waals surface area (Å²) < 4.78 is 5.47. The lowest BCUT2D eigenvalue weighted by Crippen LogP contribution is -2.51. The van der Waals surface area contributed by atoms with Crippen LogP contribution in [0.3, 0.4) is 0 Å². The van der Waals surface area contributed by atoms with E-state index in [1.807, 2.05) is 0 Å². The first kappa shape index (κ1) is 13.6. The third-order valence-electron chi connectivity index (χ3n) is 5.25. The Balaban J connectivity index is 1.80. The molecule has 0 N–H and O–H groups in total. The predicted octanol–water partition coefficient (Wildman–Crippen LogP) is 4.16. The van der Waals surface area contributed by atoms with Gasteiger partial charge in [-0.3, -0.25) is 0 Å². The molecule has 1 saturated carbocycles. The van der Waals surface area contributed by atoms with Gasteiger partial charge >= 0.3 is 0 Å². The second-order valence-corrected chi connectivity index (χ2v) is 6.94. The Labute approximate surface area is 121 Å². The second kappa shape index (κ2) is 4.90. The van der Waals surface area contributed by atoms with Crippen molar-refractivity contribution < 1.29 is 4.74 Å². The lowest BCUT2D eigenvalue weighted by molar-refractivity contribution is -0.0578. The van der Waals surface area contributed by atoms with Gasteiger partial charge in [-0.2, -0.15) is 5.26 Å². The van der Waals surface area contributed by atoms with Gasteiger partial charge in [-0.15, -0.1) is 0 Å². The number of nitrogens with zero attached hydrogens (tertiary/aromatic N) is 1. The first-order valence-electron chi connectivity index (χ1n) is 7.69. The second-order valence-electron chi connectivity index (χ2n) is 6.94. The Morgan fingerprint density at radius 1 is 1.10 bits per heavy atom. The van der Waals surface area contributed by atoms with Crippen molar-refractivity contribution >= 4 is 0 Å². The summed E-state index contributed by atoms with van der Waals surface area (Å²) >= 11 is 0. The molecule has 2 fully saturated rings. The zero-order valence-electron chi connectivity index (χ0n) is 12.5. The lowest BCUT2D eigenvalue weighted by Gasteiger charge is -2.55. The van der Waals surface area contributed by atoms with Gasteiger partial charge in [0.25, 0.3) is 0 Å². The molecule has 1 spiro atoms. The summed E-state index contributed by atoms with van der Waals surface area (Å²) in [5.74, 6) is 0.547. The zero-order valence-corrected chi connectivity index (χ0v) is 12.5. The molecule has 1 aliphatic carbocycles. The van der Waals surface area contributed by atoms with Crippen LogP contribution in [0.15, 0.2) is 24.3 Å². The standard InChI is InChI=1S/C18H23NO/c1-14(2)15-3-5-16(6-4-15)18(13-19)11-17(12-18)7-9-20-10-8-17/h3-6,14H,7-12H2,1-2H3. The van der Waals surface area contributed by atoms with Gasteiger partial charge in [0.1, 0.15) is 0 Å². The summed E-state index contributed by atoms with van der Waals surface area (Å²) in [6, 6.07) is 11.3. The van der Waals surface area contributed by atoms with E-state index >= 15 is 0 Å². The Hall–Kier alpha value is -1.33. The van der Waals surface area contributed by atoms with E-state index in [0.717, 1.165) is 38.9 Å². The number of benzene rings is 1. The fraction of sp³-hybridized carbons (Fsp3) is 0.611. The summed E-state index contributed by atoms with van der Waals surface area (Å²) in [6.45, 7) is 6.15. The molecule has 0 amide bonds. The minimum atomic E-state index is -0.243. The van der Waals surface area contributed by atoms with Crippen LogP contribution in [0.25, 0.3) is 0 Å². The van der Waals surface area contributed by atoms with Crippen molar-refractivity contribution in [2.75, 3.05) is 13.2 Å². The normalized spacial score (nSPS) is 23.3. The number of rotatable bonds is 2. The molecule has 0 bridgehead atoms. The van der Waals surface area contributed by atoms with E-state index in [9.17, 15) is 5.26 Å². The van der Waals surface area contributed by atoms with Gasteiger partial charge in [-0.25, -0.2) is 0 Å². The molecule has 1 aliphatic heterocycles. The Morgan fingerprint density at radius 3 is 2.20 bits per heavy atom. The summed E-state index contributed by atoms with van der Waals surface area (Å²) in [5, 5.41) is 9.70. The largest absolute Gasteiger partial charge is 0.381 e. The van der Waals surface area contributed by atoms with E-state index < -0.39 is 0 Å². The van der Waals surface area contributed by atoms with E-state index in [0.29, 0.717) is 11.3 Å². The molecule has 0 atom stereocenters. The molecular weight excluding hydrogens is 246 g/mol. The topological polar surface area (TPSA) is 33.0 Å². The third kappa shape index (κ3) is 2.15. The minimum absolute atomic E-state index is 0.243. The number of hydrogen-bond acceptors (Lipinski definition) is 2. The lowest BCUT2D eigenvalue weighted by atomic mass is 9.48. The van der Waals surface area contributed by atoms with Crippen LogP contribution in [0, 0.1) is 16.7 Å². The van der Waals surface area contributed by atoms with Gasteiger partial charge in [-0.1, -0.05) is 38.1 Å². The molecule has 20 heavy (non-hydrogen) atoms. The quantitative estimate of drug-likeness (QED) is 0.807. The van der Waals surface area contributed by atoms with Crippen LogP contribution in [0.5, 0.6) is 0 Å². The highest BCUT2D eigenvalue weighted by atomic mass is 16.5. The van der Waals surface area contributed by atoms with Crippen molar-refractivity contribution in [3.8, 4) is 6.07 Å². The molecule has 1 heterocycles. The van der Waals surface area contributed by atoms with Crippen LogP contribution in [-0.4, -0.2) is 13.2 Å². The molecule has 1 aromatic rings. The number of ether oxygens (including phenoxy) is 1. The van der Waals surface area contributed by atoms with Crippen LogP contribution >= 0.6 is 0 Å². The molecule has 0 unspecified atom stereocenters. The first-order valence-corrected chi connectivity index (χ1v) is 7.69. The van der Waals surface area contributed by atoms with E-state index in [1.54, 1.807) is 0 Å². The average molecular weight is 269 g/mol. The van der Waals surface area contributed by atoms with Crippen LogP contribution in [-0.2, 0) is 10.2 Å². The van der Waals surface area contributed by atoms with E-state index in [1.165, 1.54) is 11.1 Å². The first-order chi connectivity index (χ1) is 9.59. The summed E-state index contributed by atoms with van der Waals surface area (Å²) in [6.07, 6.45) is 4.28. The molecule has 106 valence electrons. The molecule has 0 radical (unpaired) electrons. The molecule has 3 rings (SSSR count). The molecular formula is C18H23NO. The summed E-state index contributed by atoms with van der Waals surface area (Å²) in [4.78, 5) is 0. The third-order valence-corrected chi connectivity index (χ3v) is 5.25. The molecule has 0 aromatic heterocycles. The van der Waals surface area contributed by atoms with Gasteiger partial charge in [0, 0.05) is 13.2 Å². The van der Waals surface area contributed by atoms with E-state index in [-0.39, 0.29) is 5.41 Å². The van der Waals surface area contributed by atoms with Crippen molar-refractivity contribution in [2.24, 2.45) is 5.41 Å². The average Bonchev–Trinajstić information content (AvgIpc) is 2.45. The van der Waals surface area contributed by atoms with Crippen molar-refractivity contribution in [3.63, 3.8) is 0 Å². The summed E-state index contributed by atoms with van der Waals surface area (Å²) in [7, 11) is 0. The number of nitriles is 1. The Kier molecular flexibility index (Phi) is 3.34. The monoisotopic (exact) mass is 269 g/mol. The zero-order chi connectivity index (χ0) is 14.2. The maximum atomic E-state index is 9.70. The van der Waals surface area contributed by atoms with Crippen molar-refractivity contribution in [3.05, 3.63) is 35.4 Å². The molecule has 1 saturated heterocycles. The molecule has 2 nitrogen and oxygen atoms in total. The van der Waals surface area contributed by atoms with Crippen LogP contribution in [0.1, 0.15) is 56.6 Å². The van der Waals surface area contributed by atoms with Gasteiger partial charge in [0.05, 0.1) is 11.5 Å². The Morgan fingerprint density at radius 2 is 1.70 bits per heavy atom. The number of hydrogen-bond donors (Lipinski definition) is 0. The van der Waals surface area contributed by atoms with Gasteiger partial charge in [-0.05, 0) is 48.1 Å². The SMILES string of the molecule is CC(C)c1ccc(C2(C#N)CC3(CCOCC3)C2)cc1. The fourth-order valence-corrected chi connectivity index (χ4v) is 3.92. The molecule has 2 aliphatic rings.